The summed E-state index contributed by atoms with van der Waals surface area (Å²) in [5.41, 5.74) is 8.37. The molecule has 2 aromatic heterocycles. The molecule has 0 saturated carbocycles. The Balaban J connectivity index is 2.07. The molecule has 3 rings (SSSR count). The summed E-state index contributed by atoms with van der Waals surface area (Å²) in [6.07, 6.45) is 3.25. The van der Waals surface area contributed by atoms with E-state index in [9.17, 15) is 8.42 Å². The van der Waals surface area contributed by atoms with Crippen LogP contribution in [0.1, 0.15) is 12.0 Å². The Bertz CT molecular complexity index is 1020. The summed E-state index contributed by atoms with van der Waals surface area (Å²) >= 11 is 0. The first-order chi connectivity index (χ1) is 11.9. The van der Waals surface area contributed by atoms with Crippen LogP contribution in [0.4, 0.5) is 5.82 Å². The Morgan fingerprint density at radius 1 is 1.32 bits per heavy atom. The number of rotatable bonds is 6. The van der Waals surface area contributed by atoms with Gasteiger partial charge >= 0.3 is 0 Å². The summed E-state index contributed by atoms with van der Waals surface area (Å²) in [5.74, 6) is 0.244. The van der Waals surface area contributed by atoms with E-state index in [4.69, 9.17) is 10.8 Å². The van der Waals surface area contributed by atoms with Crippen molar-refractivity contribution in [3.63, 3.8) is 0 Å². The number of aromatic nitrogens is 4. The minimum absolute atomic E-state index is 0.0788. The quantitative estimate of drug-likeness (QED) is 0.538. The molecule has 0 unspecified atom stereocenters. The van der Waals surface area contributed by atoms with Crippen LogP contribution in [-0.4, -0.2) is 46.3 Å². The fourth-order valence-corrected chi connectivity index (χ4v) is 3.53. The number of nitrogens with zero attached hydrogens (tertiary/aromatic N) is 4. The van der Waals surface area contributed by atoms with Crippen LogP contribution in [0.3, 0.4) is 0 Å². The lowest BCUT2D eigenvalue weighted by atomic mass is 10.1. The molecule has 25 heavy (non-hydrogen) atoms. The zero-order chi connectivity index (χ0) is 18.0. The van der Waals surface area contributed by atoms with Crippen LogP contribution in [-0.2, 0) is 10.0 Å². The summed E-state index contributed by atoms with van der Waals surface area (Å²) in [5, 5.41) is 12.9. The lowest BCUT2D eigenvalue weighted by Gasteiger charge is -2.10. The Kier molecular flexibility index (Phi) is 4.66. The van der Waals surface area contributed by atoms with Crippen molar-refractivity contribution >= 4 is 21.5 Å². The normalized spacial score (nSPS) is 11.9. The molecule has 4 N–H and O–H groups in total. The third-order valence-corrected chi connectivity index (χ3v) is 5.21. The summed E-state index contributed by atoms with van der Waals surface area (Å²) in [6.45, 7) is 1.96. The molecule has 132 valence electrons. The maximum absolute atomic E-state index is 12.4. The van der Waals surface area contributed by atoms with E-state index in [1.165, 1.54) is 16.9 Å². The summed E-state index contributed by atoms with van der Waals surface area (Å²) in [6, 6.07) is 4.82. The average Bonchev–Trinajstić information content (AvgIpc) is 3.00. The molecule has 0 aliphatic carbocycles. The highest BCUT2D eigenvalue weighted by atomic mass is 32.2. The van der Waals surface area contributed by atoms with Crippen molar-refractivity contribution in [3.8, 4) is 11.3 Å². The zero-order valence-electron chi connectivity index (χ0n) is 13.5. The number of aliphatic hydroxyl groups excluding tert-OH is 1. The molecule has 0 bridgehead atoms. The minimum atomic E-state index is -3.67. The van der Waals surface area contributed by atoms with Gasteiger partial charge in [0, 0.05) is 18.7 Å². The Morgan fingerprint density at radius 3 is 2.88 bits per heavy atom. The molecular weight excluding hydrogens is 344 g/mol. The number of hydrogen-bond acceptors (Lipinski definition) is 7. The van der Waals surface area contributed by atoms with Gasteiger partial charge in [0.25, 0.3) is 0 Å². The Morgan fingerprint density at radius 2 is 2.12 bits per heavy atom. The van der Waals surface area contributed by atoms with E-state index in [-0.39, 0.29) is 23.9 Å². The van der Waals surface area contributed by atoms with Crippen LogP contribution in [0.2, 0.25) is 0 Å². The molecule has 0 radical (unpaired) electrons. The Labute approximate surface area is 144 Å². The van der Waals surface area contributed by atoms with Gasteiger partial charge in [0.15, 0.2) is 11.5 Å². The van der Waals surface area contributed by atoms with Crippen LogP contribution in [0.25, 0.3) is 16.9 Å². The van der Waals surface area contributed by atoms with Gasteiger partial charge in [-0.3, -0.25) is 0 Å². The van der Waals surface area contributed by atoms with E-state index in [0.29, 0.717) is 23.3 Å². The summed E-state index contributed by atoms with van der Waals surface area (Å²) in [4.78, 5) is 8.23. The summed E-state index contributed by atoms with van der Waals surface area (Å²) < 4.78 is 28.8. The van der Waals surface area contributed by atoms with Crippen molar-refractivity contribution in [1.29, 1.82) is 0 Å². The molecular formula is C15H18N6O3S. The van der Waals surface area contributed by atoms with Crippen LogP contribution in [0.15, 0.2) is 35.6 Å². The first-order valence-corrected chi connectivity index (χ1v) is 9.08. The topological polar surface area (TPSA) is 136 Å². The lowest BCUT2D eigenvalue weighted by Crippen LogP contribution is -2.25. The second kappa shape index (κ2) is 6.75. The number of nitrogens with one attached hydrogen (secondary N) is 1. The number of anilines is 1. The fraction of sp³-hybridized carbons (Fsp3) is 0.267. The highest BCUT2D eigenvalue weighted by Crippen LogP contribution is 2.27. The molecule has 0 spiro atoms. The maximum atomic E-state index is 12.4. The number of nitrogens with two attached hydrogens (primary N) is 1. The summed E-state index contributed by atoms with van der Waals surface area (Å²) in [7, 11) is -3.67. The molecule has 3 aromatic rings. The predicted molar refractivity (Wildman–Crippen MR) is 92.3 cm³/mol. The molecule has 9 nitrogen and oxygen atoms in total. The Hall–Kier alpha value is -2.56. The second-order valence-electron chi connectivity index (χ2n) is 5.48. The van der Waals surface area contributed by atoms with E-state index in [1.807, 2.05) is 6.92 Å². The van der Waals surface area contributed by atoms with Gasteiger partial charge in [-0.2, -0.15) is 5.10 Å². The molecule has 0 atom stereocenters. The third kappa shape index (κ3) is 3.31. The van der Waals surface area contributed by atoms with Gasteiger partial charge in [0.05, 0.1) is 16.8 Å². The van der Waals surface area contributed by atoms with Gasteiger partial charge in [-0.15, -0.1) is 0 Å². The number of nitrogen functional groups attached to an aromatic ring is 1. The van der Waals surface area contributed by atoms with Crippen LogP contribution in [0.5, 0.6) is 0 Å². The van der Waals surface area contributed by atoms with Crippen molar-refractivity contribution in [3.05, 3.63) is 36.3 Å². The molecule has 2 heterocycles. The molecule has 10 heteroatoms. The van der Waals surface area contributed by atoms with Crippen molar-refractivity contribution < 1.29 is 13.5 Å². The van der Waals surface area contributed by atoms with Crippen LogP contribution >= 0.6 is 0 Å². The van der Waals surface area contributed by atoms with Gasteiger partial charge in [0.2, 0.25) is 10.0 Å². The highest BCUT2D eigenvalue weighted by molar-refractivity contribution is 7.89. The van der Waals surface area contributed by atoms with Gasteiger partial charge in [0.1, 0.15) is 6.33 Å². The fourth-order valence-electron chi connectivity index (χ4n) is 2.43. The molecule has 0 amide bonds. The van der Waals surface area contributed by atoms with E-state index < -0.39 is 10.0 Å². The standard InChI is InChI=1S/C15H18N6O3S/c1-10-3-4-11(25(23,24)20-5-2-6-22)7-12(10)13-8-17-15-14(16)18-9-19-21(13)15/h3-4,7-9,20,22H,2,5-6H2,1H3,(H2,16,18,19). The SMILES string of the molecule is Cc1ccc(S(=O)(=O)NCCCO)cc1-c1cnc2c(N)ncnn12. The van der Waals surface area contributed by atoms with Crippen LogP contribution < -0.4 is 10.5 Å². The largest absolute Gasteiger partial charge is 0.396 e. The first-order valence-electron chi connectivity index (χ1n) is 7.60. The number of aryl methyl sites for hydroxylation is 1. The number of imidazole rings is 1. The molecule has 0 fully saturated rings. The number of aliphatic hydroxyl groups is 1. The monoisotopic (exact) mass is 362 g/mol. The van der Waals surface area contributed by atoms with E-state index in [1.54, 1.807) is 18.3 Å². The predicted octanol–water partition coefficient (Wildman–Crippen LogP) is 0.343. The van der Waals surface area contributed by atoms with Crippen LogP contribution in [0, 0.1) is 6.92 Å². The smallest absolute Gasteiger partial charge is 0.240 e. The zero-order valence-corrected chi connectivity index (χ0v) is 14.4. The number of hydrogen-bond donors (Lipinski definition) is 3. The van der Waals surface area contributed by atoms with Gasteiger partial charge in [-0.1, -0.05) is 6.07 Å². The van der Waals surface area contributed by atoms with Gasteiger partial charge in [-0.05, 0) is 31.0 Å². The van der Waals surface area contributed by atoms with E-state index >= 15 is 0 Å². The van der Waals surface area contributed by atoms with Crippen molar-refractivity contribution in [2.75, 3.05) is 18.9 Å². The maximum Gasteiger partial charge on any atom is 0.240 e. The van der Waals surface area contributed by atoms with Crippen molar-refractivity contribution in [1.82, 2.24) is 24.3 Å². The van der Waals surface area contributed by atoms with E-state index in [0.717, 1.165) is 5.56 Å². The van der Waals surface area contributed by atoms with Gasteiger partial charge < -0.3 is 10.8 Å². The third-order valence-electron chi connectivity index (χ3n) is 3.75. The van der Waals surface area contributed by atoms with Crippen molar-refractivity contribution in [2.24, 2.45) is 0 Å². The molecule has 0 aliphatic heterocycles. The minimum Gasteiger partial charge on any atom is -0.396 e. The van der Waals surface area contributed by atoms with E-state index in [2.05, 4.69) is 19.8 Å². The second-order valence-corrected chi connectivity index (χ2v) is 7.24. The number of sulfonamides is 1. The number of benzene rings is 1. The average molecular weight is 362 g/mol. The van der Waals surface area contributed by atoms with Gasteiger partial charge in [-0.25, -0.2) is 27.6 Å². The molecule has 0 saturated heterocycles. The lowest BCUT2D eigenvalue weighted by molar-refractivity contribution is 0.289. The number of fused-ring (bicyclic) bond motifs is 1. The molecule has 1 aromatic carbocycles. The highest BCUT2D eigenvalue weighted by Gasteiger charge is 2.18. The first kappa shape index (κ1) is 17.3. The molecule has 0 aliphatic rings. The van der Waals surface area contributed by atoms with Crippen molar-refractivity contribution in [2.45, 2.75) is 18.2 Å².